The number of aromatic nitrogens is 1. The van der Waals surface area contributed by atoms with Crippen LogP contribution in [0.4, 0.5) is 5.13 Å². The van der Waals surface area contributed by atoms with Gasteiger partial charge in [-0.1, -0.05) is 13.3 Å². The molecule has 0 aliphatic heterocycles. The van der Waals surface area contributed by atoms with Crippen LogP contribution in [0, 0.1) is 12.8 Å². The maximum Gasteiger partial charge on any atom is 0.185 e. The zero-order chi connectivity index (χ0) is 13.5. The number of aryl methyl sites for hydroxylation is 1. The van der Waals surface area contributed by atoms with E-state index < -0.39 is 0 Å². The lowest BCUT2D eigenvalue weighted by Gasteiger charge is -2.13. The molecule has 0 aromatic carbocycles. The molecule has 18 heavy (non-hydrogen) atoms. The molecule has 4 nitrogen and oxygen atoms in total. The fourth-order valence-corrected chi connectivity index (χ4v) is 2.74. The summed E-state index contributed by atoms with van der Waals surface area (Å²) in [7, 11) is 4.04. The van der Waals surface area contributed by atoms with Crippen molar-refractivity contribution in [2.75, 3.05) is 32.1 Å². The van der Waals surface area contributed by atoms with Crippen molar-refractivity contribution >= 4 is 16.5 Å². The molecule has 0 fully saturated rings. The van der Waals surface area contributed by atoms with Gasteiger partial charge >= 0.3 is 0 Å². The lowest BCUT2D eigenvalue weighted by molar-refractivity contribution is 0.251. The molecule has 1 aromatic rings. The number of hydrogen-bond donors (Lipinski definition) is 2. The summed E-state index contributed by atoms with van der Waals surface area (Å²) in [6.45, 7) is 6.35. The standard InChI is InChI=1S/C13H25N3OS/c1-5-11(6-7-17)8-14-9-12-10(2)15-13(18-12)16(3)4/h11,14,17H,5-9H2,1-4H3. The molecule has 0 spiro atoms. The van der Waals surface area contributed by atoms with Crippen LogP contribution in [0.3, 0.4) is 0 Å². The molecule has 0 saturated heterocycles. The first-order chi connectivity index (χ1) is 8.58. The van der Waals surface area contributed by atoms with Gasteiger partial charge in [0.2, 0.25) is 0 Å². The summed E-state index contributed by atoms with van der Waals surface area (Å²) >= 11 is 1.74. The van der Waals surface area contributed by atoms with Gasteiger partial charge in [0.1, 0.15) is 0 Å². The Morgan fingerprint density at radius 2 is 2.17 bits per heavy atom. The van der Waals surface area contributed by atoms with Crippen molar-refractivity contribution in [2.45, 2.75) is 33.2 Å². The molecule has 0 aliphatic carbocycles. The number of nitrogens with zero attached hydrogens (tertiary/aromatic N) is 2. The van der Waals surface area contributed by atoms with Gasteiger partial charge in [-0.2, -0.15) is 0 Å². The van der Waals surface area contributed by atoms with Crippen LogP contribution in [0.15, 0.2) is 0 Å². The van der Waals surface area contributed by atoms with Crippen LogP contribution in [0.1, 0.15) is 30.3 Å². The molecule has 0 saturated carbocycles. The van der Waals surface area contributed by atoms with Crippen molar-refractivity contribution in [1.29, 1.82) is 0 Å². The topological polar surface area (TPSA) is 48.4 Å². The number of hydrogen-bond acceptors (Lipinski definition) is 5. The first kappa shape index (κ1) is 15.4. The SMILES string of the molecule is CCC(CCO)CNCc1sc(N(C)C)nc1C. The zero-order valence-corrected chi connectivity index (χ0v) is 12.7. The van der Waals surface area contributed by atoms with Gasteiger partial charge in [-0.3, -0.25) is 0 Å². The van der Waals surface area contributed by atoms with E-state index in [1.807, 2.05) is 19.0 Å². The summed E-state index contributed by atoms with van der Waals surface area (Å²) < 4.78 is 0. The van der Waals surface area contributed by atoms with Crippen molar-refractivity contribution in [3.05, 3.63) is 10.6 Å². The average molecular weight is 271 g/mol. The summed E-state index contributed by atoms with van der Waals surface area (Å²) in [4.78, 5) is 7.88. The molecule has 5 heteroatoms. The number of rotatable bonds is 8. The van der Waals surface area contributed by atoms with Crippen molar-refractivity contribution in [3.63, 3.8) is 0 Å². The van der Waals surface area contributed by atoms with Gasteiger partial charge < -0.3 is 15.3 Å². The van der Waals surface area contributed by atoms with Crippen LogP contribution < -0.4 is 10.2 Å². The minimum atomic E-state index is 0.282. The van der Waals surface area contributed by atoms with E-state index in [1.54, 1.807) is 11.3 Å². The third-order valence-electron chi connectivity index (χ3n) is 3.10. The third kappa shape index (κ3) is 4.55. The molecule has 0 aliphatic rings. The average Bonchev–Trinajstić information content (AvgIpc) is 2.70. The number of thiazole rings is 1. The van der Waals surface area contributed by atoms with Gasteiger partial charge in [0, 0.05) is 32.1 Å². The Morgan fingerprint density at radius 3 is 2.67 bits per heavy atom. The molecule has 1 heterocycles. The van der Waals surface area contributed by atoms with Crippen LogP contribution in [0.25, 0.3) is 0 Å². The summed E-state index contributed by atoms with van der Waals surface area (Å²) in [6.07, 6.45) is 1.99. The highest BCUT2D eigenvalue weighted by Gasteiger charge is 2.10. The molecule has 0 radical (unpaired) electrons. The van der Waals surface area contributed by atoms with E-state index in [2.05, 4.69) is 24.1 Å². The highest BCUT2D eigenvalue weighted by Crippen LogP contribution is 2.24. The molecule has 1 rings (SSSR count). The minimum absolute atomic E-state index is 0.282. The summed E-state index contributed by atoms with van der Waals surface area (Å²) in [6, 6.07) is 0. The van der Waals surface area contributed by atoms with Gasteiger partial charge in [0.15, 0.2) is 5.13 Å². The largest absolute Gasteiger partial charge is 0.396 e. The highest BCUT2D eigenvalue weighted by molar-refractivity contribution is 7.15. The molecule has 2 N–H and O–H groups in total. The van der Waals surface area contributed by atoms with Gasteiger partial charge in [-0.15, -0.1) is 11.3 Å². The molecule has 0 bridgehead atoms. The van der Waals surface area contributed by atoms with Gasteiger partial charge in [-0.05, 0) is 25.8 Å². The fraction of sp³-hybridized carbons (Fsp3) is 0.769. The van der Waals surface area contributed by atoms with E-state index in [1.165, 1.54) is 4.88 Å². The van der Waals surface area contributed by atoms with E-state index in [-0.39, 0.29) is 6.61 Å². The first-order valence-electron chi connectivity index (χ1n) is 6.53. The van der Waals surface area contributed by atoms with E-state index in [4.69, 9.17) is 5.11 Å². The quantitative estimate of drug-likeness (QED) is 0.759. The maximum absolute atomic E-state index is 8.95. The molecule has 1 aromatic heterocycles. The molecule has 1 unspecified atom stereocenters. The smallest absolute Gasteiger partial charge is 0.185 e. The van der Waals surface area contributed by atoms with Crippen molar-refractivity contribution < 1.29 is 5.11 Å². The molecule has 104 valence electrons. The van der Waals surface area contributed by atoms with Gasteiger partial charge in [0.25, 0.3) is 0 Å². The van der Waals surface area contributed by atoms with Crippen molar-refractivity contribution in [2.24, 2.45) is 5.92 Å². The molecular weight excluding hydrogens is 246 g/mol. The Hall–Kier alpha value is -0.650. The number of aliphatic hydroxyl groups is 1. The minimum Gasteiger partial charge on any atom is -0.396 e. The van der Waals surface area contributed by atoms with E-state index >= 15 is 0 Å². The van der Waals surface area contributed by atoms with Gasteiger partial charge in [-0.25, -0.2) is 4.98 Å². The zero-order valence-electron chi connectivity index (χ0n) is 11.9. The Kier molecular flexibility index (Phi) is 6.60. The second-order valence-electron chi connectivity index (χ2n) is 4.82. The number of aliphatic hydroxyl groups excluding tert-OH is 1. The van der Waals surface area contributed by atoms with Crippen LogP contribution in [0.2, 0.25) is 0 Å². The summed E-state index contributed by atoms with van der Waals surface area (Å²) in [5.41, 5.74) is 1.12. The number of anilines is 1. The predicted octanol–water partition coefficient (Wildman–Crippen LogP) is 2.02. The Balaban J connectivity index is 2.43. The lowest BCUT2D eigenvalue weighted by Crippen LogP contribution is -2.22. The van der Waals surface area contributed by atoms with Crippen LogP contribution in [0.5, 0.6) is 0 Å². The van der Waals surface area contributed by atoms with Crippen LogP contribution in [-0.4, -0.2) is 37.3 Å². The maximum atomic E-state index is 8.95. The fourth-order valence-electron chi connectivity index (χ4n) is 1.79. The number of nitrogens with one attached hydrogen (secondary N) is 1. The Labute approximate surface area is 114 Å². The Bertz CT molecular complexity index is 352. The van der Waals surface area contributed by atoms with Crippen LogP contribution >= 0.6 is 11.3 Å². The second kappa shape index (κ2) is 7.71. The van der Waals surface area contributed by atoms with Crippen molar-refractivity contribution in [3.8, 4) is 0 Å². The van der Waals surface area contributed by atoms with E-state index in [0.29, 0.717) is 5.92 Å². The third-order valence-corrected chi connectivity index (χ3v) is 4.42. The van der Waals surface area contributed by atoms with Crippen LogP contribution in [-0.2, 0) is 6.54 Å². The van der Waals surface area contributed by atoms with E-state index in [0.717, 1.165) is 36.8 Å². The normalized spacial score (nSPS) is 12.7. The van der Waals surface area contributed by atoms with E-state index in [9.17, 15) is 0 Å². The first-order valence-corrected chi connectivity index (χ1v) is 7.35. The van der Waals surface area contributed by atoms with Crippen molar-refractivity contribution in [1.82, 2.24) is 10.3 Å². The lowest BCUT2D eigenvalue weighted by atomic mass is 10.0. The van der Waals surface area contributed by atoms with Gasteiger partial charge in [0.05, 0.1) is 5.69 Å². The molecular formula is C13H25N3OS. The Morgan fingerprint density at radius 1 is 1.44 bits per heavy atom. The summed E-state index contributed by atoms with van der Waals surface area (Å²) in [5, 5.41) is 13.5. The molecule has 0 amide bonds. The molecule has 1 atom stereocenters. The predicted molar refractivity (Wildman–Crippen MR) is 78.4 cm³/mol. The highest BCUT2D eigenvalue weighted by atomic mass is 32.1. The monoisotopic (exact) mass is 271 g/mol. The second-order valence-corrected chi connectivity index (χ2v) is 5.88. The summed E-state index contributed by atoms with van der Waals surface area (Å²) in [5.74, 6) is 0.566.